The number of aromatic carboxylic acids is 1. The Balaban J connectivity index is 1.67. The van der Waals surface area contributed by atoms with Gasteiger partial charge in [-0.2, -0.15) is 0 Å². The number of phenolic OH excluding ortho intramolecular Hbond substituents is 2. The van der Waals surface area contributed by atoms with E-state index in [1.165, 1.54) is 32.2 Å². The normalized spacial score (nSPS) is 10.9. The van der Waals surface area contributed by atoms with Gasteiger partial charge in [-0.15, -0.1) is 0 Å². The number of carboxylic acid groups (broad SMARTS) is 1. The number of hydrogen-bond acceptors (Lipinski definition) is 10. The lowest BCUT2D eigenvalue weighted by atomic mass is 9.91. The van der Waals surface area contributed by atoms with Crippen molar-refractivity contribution in [3.05, 3.63) is 102 Å². The van der Waals surface area contributed by atoms with E-state index in [4.69, 9.17) is 18.9 Å². The van der Waals surface area contributed by atoms with Crippen LogP contribution in [0.25, 0.3) is 0 Å². The molecule has 0 radical (unpaired) electrons. The number of rotatable bonds is 9. The lowest BCUT2D eigenvalue weighted by molar-refractivity contribution is 0.0690. The molecule has 0 saturated carbocycles. The summed E-state index contributed by atoms with van der Waals surface area (Å²) in [6.45, 7) is 18.4. The van der Waals surface area contributed by atoms with Crippen molar-refractivity contribution in [3.8, 4) is 34.5 Å². The lowest BCUT2D eigenvalue weighted by Gasteiger charge is -2.21. The minimum absolute atomic E-state index is 0.0268. The first-order valence-electron chi connectivity index (χ1n) is 16.6. The standard InChI is InChI=1S/C41H44O11/c1-13-28-25(10)33(38(44)45)19(4)24(9)37(28)52-40(47)32-18(3)15-29(26(11)35(32)43)50-41(48)34-20(5)22(7)36(23(8)21(34)6)51-39(46)31-17(2)14-27(42)16-30(31)49-12/h14-16,42-43H,13H2,1-12H3,(H,44,45). The minimum Gasteiger partial charge on any atom is -0.508 e. The third-order valence-electron chi connectivity index (χ3n) is 9.92. The number of phenols is 2. The van der Waals surface area contributed by atoms with Crippen LogP contribution in [-0.2, 0) is 6.42 Å². The van der Waals surface area contributed by atoms with Crippen LogP contribution in [0.1, 0.15) is 110 Å². The highest BCUT2D eigenvalue weighted by atomic mass is 16.5. The SMILES string of the molecule is CCc1c(C)c(C(=O)O)c(C)c(C)c1OC(=O)c1c(C)cc(OC(=O)c2c(C)c(C)c(OC(=O)c3c(C)cc(O)cc3OC)c(C)c2C)c(C)c1O. The smallest absolute Gasteiger partial charge is 0.347 e. The molecule has 0 spiro atoms. The summed E-state index contributed by atoms with van der Waals surface area (Å²) in [5.74, 6) is -3.14. The zero-order valence-electron chi connectivity index (χ0n) is 31.5. The Labute approximate surface area is 302 Å². The molecular formula is C41H44O11. The fourth-order valence-corrected chi connectivity index (χ4v) is 6.64. The summed E-state index contributed by atoms with van der Waals surface area (Å²) in [5.41, 5.74) is 5.39. The Bertz CT molecular complexity index is 2160. The second-order valence-corrected chi connectivity index (χ2v) is 13.0. The number of carbonyl (C=O) groups is 4. The van der Waals surface area contributed by atoms with E-state index in [9.17, 15) is 34.5 Å². The monoisotopic (exact) mass is 712 g/mol. The summed E-state index contributed by atoms with van der Waals surface area (Å²) in [7, 11) is 1.38. The van der Waals surface area contributed by atoms with Gasteiger partial charge >= 0.3 is 23.9 Å². The number of carboxylic acids is 1. The average molecular weight is 713 g/mol. The molecule has 0 heterocycles. The fourth-order valence-electron chi connectivity index (χ4n) is 6.64. The molecule has 3 N–H and O–H groups in total. The van der Waals surface area contributed by atoms with Crippen molar-refractivity contribution in [3.63, 3.8) is 0 Å². The van der Waals surface area contributed by atoms with Gasteiger partial charge in [0.05, 0.1) is 18.2 Å². The van der Waals surface area contributed by atoms with Gasteiger partial charge in [0.1, 0.15) is 45.6 Å². The Morgan fingerprint density at radius 1 is 0.538 bits per heavy atom. The fraction of sp³-hybridized carbons (Fsp3) is 0.317. The van der Waals surface area contributed by atoms with Crippen LogP contribution in [0.5, 0.6) is 34.5 Å². The van der Waals surface area contributed by atoms with E-state index >= 15 is 0 Å². The van der Waals surface area contributed by atoms with Gasteiger partial charge in [-0.3, -0.25) is 0 Å². The summed E-state index contributed by atoms with van der Waals surface area (Å²) in [5, 5.41) is 31.0. The number of methoxy groups -OCH3 is 1. The molecule has 11 heteroatoms. The summed E-state index contributed by atoms with van der Waals surface area (Å²) >= 11 is 0. The summed E-state index contributed by atoms with van der Waals surface area (Å²) in [4.78, 5) is 52.7. The van der Waals surface area contributed by atoms with E-state index < -0.39 is 29.6 Å². The van der Waals surface area contributed by atoms with Crippen molar-refractivity contribution in [2.24, 2.45) is 0 Å². The van der Waals surface area contributed by atoms with Crippen LogP contribution in [-0.4, -0.2) is 46.3 Å². The Kier molecular flexibility index (Phi) is 11.1. The number of aryl methyl sites for hydroxylation is 2. The molecule has 0 aromatic heterocycles. The molecule has 11 nitrogen and oxygen atoms in total. The number of carbonyl (C=O) groups excluding carboxylic acids is 3. The van der Waals surface area contributed by atoms with Crippen LogP contribution in [0.15, 0.2) is 18.2 Å². The zero-order valence-corrected chi connectivity index (χ0v) is 31.5. The number of ether oxygens (including phenoxy) is 4. The molecule has 0 aliphatic heterocycles. The molecule has 52 heavy (non-hydrogen) atoms. The van der Waals surface area contributed by atoms with E-state index in [2.05, 4.69) is 0 Å². The van der Waals surface area contributed by atoms with E-state index in [0.717, 1.165) is 0 Å². The van der Waals surface area contributed by atoms with Crippen LogP contribution in [0, 0.1) is 69.2 Å². The molecule has 4 rings (SSSR count). The third kappa shape index (κ3) is 6.78. The highest BCUT2D eigenvalue weighted by Crippen LogP contribution is 2.40. The summed E-state index contributed by atoms with van der Waals surface area (Å²) in [6, 6.07) is 4.22. The van der Waals surface area contributed by atoms with Gasteiger partial charge < -0.3 is 34.3 Å². The average Bonchev–Trinajstić information content (AvgIpc) is 3.06. The molecule has 0 unspecified atom stereocenters. The van der Waals surface area contributed by atoms with Gasteiger partial charge in [0, 0.05) is 11.6 Å². The van der Waals surface area contributed by atoms with Gasteiger partial charge in [0.15, 0.2) is 0 Å². The summed E-state index contributed by atoms with van der Waals surface area (Å²) in [6.07, 6.45) is 0.406. The predicted octanol–water partition coefficient (Wildman–Crippen LogP) is 8.11. The lowest BCUT2D eigenvalue weighted by Crippen LogP contribution is -2.19. The highest BCUT2D eigenvalue weighted by molar-refractivity contribution is 6.00. The number of aromatic hydroxyl groups is 2. The zero-order chi connectivity index (χ0) is 39.1. The van der Waals surface area contributed by atoms with Gasteiger partial charge in [-0.25, -0.2) is 19.2 Å². The van der Waals surface area contributed by atoms with Crippen LogP contribution in [0.2, 0.25) is 0 Å². The second-order valence-electron chi connectivity index (χ2n) is 13.0. The first kappa shape index (κ1) is 39.0. The van der Waals surface area contributed by atoms with Crippen LogP contribution in [0.3, 0.4) is 0 Å². The van der Waals surface area contributed by atoms with Crippen molar-refractivity contribution in [1.82, 2.24) is 0 Å². The van der Waals surface area contributed by atoms with E-state index in [1.807, 2.05) is 6.92 Å². The van der Waals surface area contributed by atoms with Gasteiger partial charge in [-0.05, 0) is 143 Å². The summed E-state index contributed by atoms with van der Waals surface area (Å²) < 4.78 is 22.9. The Hall–Kier alpha value is -5.84. The number of hydrogen-bond donors (Lipinski definition) is 3. The van der Waals surface area contributed by atoms with Gasteiger partial charge in [0.25, 0.3) is 0 Å². The second kappa shape index (κ2) is 14.8. The Morgan fingerprint density at radius 3 is 1.56 bits per heavy atom. The van der Waals surface area contributed by atoms with Crippen molar-refractivity contribution >= 4 is 23.9 Å². The maximum absolute atomic E-state index is 13.8. The van der Waals surface area contributed by atoms with E-state index in [-0.39, 0.29) is 62.1 Å². The molecule has 0 amide bonds. The largest absolute Gasteiger partial charge is 0.508 e. The Morgan fingerprint density at radius 2 is 1.02 bits per heavy atom. The molecule has 0 atom stereocenters. The molecule has 4 aromatic rings. The maximum Gasteiger partial charge on any atom is 0.347 e. The first-order valence-corrected chi connectivity index (χ1v) is 16.6. The van der Waals surface area contributed by atoms with Crippen LogP contribution in [0.4, 0.5) is 0 Å². The van der Waals surface area contributed by atoms with Crippen molar-refractivity contribution in [2.45, 2.75) is 82.6 Å². The first-order chi connectivity index (χ1) is 24.3. The quantitative estimate of drug-likeness (QED) is 0.113. The third-order valence-corrected chi connectivity index (χ3v) is 9.92. The van der Waals surface area contributed by atoms with Crippen molar-refractivity contribution in [2.75, 3.05) is 7.11 Å². The van der Waals surface area contributed by atoms with Crippen LogP contribution >= 0.6 is 0 Å². The van der Waals surface area contributed by atoms with Gasteiger partial charge in [-0.1, -0.05) is 6.92 Å². The molecular weight excluding hydrogens is 668 g/mol. The van der Waals surface area contributed by atoms with Crippen LogP contribution < -0.4 is 18.9 Å². The molecule has 274 valence electrons. The maximum atomic E-state index is 13.8. The van der Waals surface area contributed by atoms with Crippen molar-refractivity contribution < 1.29 is 53.4 Å². The van der Waals surface area contributed by atoms with Crippen molar-refractivity contribution in [1.29, 1.82) is 0 Å². The molecule has 0 saturated heterocycles. The molecule has 0 aliphatic rings. The molecule has 0 bridgehead atoms. The van der Waals surface area contributed by atoms with Gasteiger partial charge in [0.2, 0.25) is 0 Å². The predicted molar refractivity (Wildman–Crippen MR) is 194 cm³/mol. The topological polar surface area (TPSA) is 166 Å². The number of benzene rings is 4. The van der Waals surface area contributed by atoms with E-state index in [0.29, 0.717) is 56.5 Å². The minimum atomic E-state index is -1.07. The van der Waals surface area contributed by atoms with E-state index in [1.54, 1.807) is 62.3 Å². The highest BCUT2D eigenvalue weighted by Gasteiger charge is 2.29. The number of esters is 3. The molecule has 0 fully saturated rings. The molecule has 4 aromatic carbocycles. The molecule has 0 aliphatic carbocycles.